The Morgan fingerprint density at radius 3 is 2.76 bits per heavy atom. The minimum atomic E-state index is -0.101. The number of hydrogen-bond donors (Lipinski definition) is 2. The van der Waals surface area contributed by atoms with Gasteiger partial charge in [-0.05, 0) is 42.7 Å². The van der Waals surface area contributed by atoms with E-state index in [1.807, 2.05) is 43.3 Å². The quantitative estimate of drug-likeness (QED) is 0.712. The lowest BCUT2D eigenvalue weighted by Crippen LogP contribution is -2.24. The maximum Gasteiger partial charge on any atom is 0.258 e. The van der Waals surface area contributed by atoms with Crippen LogP contribution in [0.1, 0.15) is 29.3 Å². The van der Waals surface area contributed by atoms with Gasteiger partial charge in [0.2, 0.25) is 0 Å². The van der Waals surface area contributed by atoms with Crippen LogP contribution in [-0.4, -0.2) is 21.1 Å². The highest BCUT2D eigenvalue weighted by Crippen LogP contribution is 2.19. The van der Waals surface area contributed by atoms with E-state index in [-0.39, 0.29) is 18.2 Å². The maximum atomic E-state index is 12.3. The number of aliphatic hydroxyl groups is 1. The molecule has 5 nitrogen and oxygen atoms in total. The fourth-order valence-corrected chi connectivity index (χ4v) is 2.96. The van der Waals surface area contributed by atoms with Crippen molar-refractivity contribution in [2.75, 3.05) is 6.61 Å². The van der Waals surface area contributed by atoms with Crippen LogP contribution in [0.4, 0.5) is 0 Å². The van der Waals surface area contributed by atoms with E-state index in [9.17, 15) is 9.90 Å². The second kappa shape index (κ2) is 7.78. The Kier molecular flexibility index (Phi) is 5.48. The molecule has 0 bridgehead atoms. The highest BCUT2D eigenvalue weighted by atomic mass is 35.5. The van der Waals surface area contributed by atoms with E-state index in [0.717, 1.165) is 11.1 Å². The second-order valence-electron chi connectivity index (χ2n) is 5.97. The molecule has 2 heterocycles. The Bertz CT molecular complexity index is 922. The molecule has 25 heavy (non-hydrogen) atoms. The van der Waals surface area contributed by atoms with Crippen molar-refractivity contribution in [1.29, 1.82) is 0 Å². The third-order valence-electron chi connectivity index (χ3n) is 4.16. The maximum absolute atomic E-state index is 12.3. The number of pyridine rings is 1. The lowest BCUT2D eigenvalue weighted by atomic mass is 10.0. The van der Waals surface area contributed by atoms with E-state index >= 15 is 0 Å². The zero-order valence-electron chi connectivity index (χ0n) is 13.9. The molecule has 0 fully saturated rings. The van der Waals surface area contributed by atoms with Gasteiger partial charge in [-0.1, -0.05) is 29.8 Å². The molecule has 0 aliphatic rings. The normalized spacial score (nSPS) is 12.4. The van der Waals surface area contributed by atoms with E-state index in [0.29, 0.717) is 29.3 Å². The molecule has 3 rings (SSSR count). The van der Waals surface area contributed by atoms with Crippen LogP contribution in [0.5, 0.6) is 0 Å². The monoisotopic (exact) mass is 357 g/mol. The molecule has 0 saturated heterocycles. The summed E-state index contributed by atoms with van der Waals surface area (Å²) in [7, 11) is 0. The van der Waals surface area contributed by atoms with E-state index in [1.165, 1.54) is 6.07 Å². The zero-order valence-corrected chi connectivity index (χ0v) is 14.7. The smallest absolute Gasteiger partial charge is 0.258 e. The van der Waals surface area contributed by atoms with Crippen molar-refractivity contribution < 1.29 is 5.11 Å². The van der Waals surface area contributed by atoms with Crippen LogP contribution in [0.25, 0.3) is 5.65 Å². The Morgan fingerprint density at radius 2 is 2.04 bits per heavy atom. The first kappa shape index (κ1) is 17.6. The number of halogens is 1. The first-order chi connectivity index (χ1) is 12.1. The summed E-state index contributed by atoms with van der Waals surface area (Å²) in [4.78, 5) is 16.9. The van der Waals surface area contributed by atoms with Gasteiger partial charge in [0.15, 0.2) is 0 Å². The fourth-order valence-electron chi connectivity index (χ4n) is 2.84. The number of aliphatic hydroxyl groups excluding tert-OH is 1. The summed E-state index contributed by atoms with van der Waals surface area (Å²) in [5.74, 6) is 0. The third kappa shape index (κ3) is 4.07. The summed E-state index contributed by atoms with van der Waals surface area (Å²) in [6.07, 6.45) is 2.28. The van der Waals surface area contributed by atoms with Gasteiger partial charge in [-0.2, -0.15) is 0 Å². The van der Waals surface area contributed by atoms with Crippen LogP contribution in [-0.2, 0) is 6.54 Å². The number of fused-ring (bicyclic) bond motifs is 1. The second-order valence-corrected chi connectivity index (χ2v) is 6.40. The number of rotatable bonds is 6. The van der Waals surface area contributed by atoms with Crippen LogP contribution in [0.15, 0.2) is 53.5 Å². The van der Waals surface area contributed by atoms with Crippen LogP contribution < -0.4 is 10.9 Å². The molecular weight excluding hydrogens is 338 g/mol. The summed E-state index contributed by atoms with van der Waals surface area (Å²) in [5.41, 5.74) is 3.22. The van der Waals surface area contributed by atoms with Gasteiger partial charge in [-0.3, -0.25) is 9.20 Å². The van der Waals surface area contributed by atoms with Crippen molar-refractivity contribution in [2.45, 2.75) is 25.9 Å². The molecule has 1 unspecified atom stereocenters. The Balaban J connectivity index is 1.83. The number of benzene rings is 1. The lowest BCUT2D eigenvalue weighted by Gasteiger charge is -2.18. The minimum absolute atomic E-state index is 0.0422. The van der Waals surface area contributed by atoms with Gasteiger partial charge >= 0.3 is 0 Å². The lowest BCUT2D eigenvalue weighted by molar-refractivity contribution is 0.265. The van der Waals surface area contributed by atoms with Crippen molar-refractivity contribution >= 4 is 17.2 Å². The first-order valence-electron chi connectivity index (χ1n) is 8.16. The summed E-state index contributed by atoms with van der Waals surface area (Å²) in [6, 6.07) is 12.8. The minimum Gasteiger partial charge on any atom is -0.396 e. The molecule has 0 aliphatic carbocycles. The molecule has 130 valence electrons. The van der Waals surface area contributed by atoms with E-state index < -0.39 is 0 Å². The molecule has 0 saturated carbocycles. The predicted molar refractivity (Wildman–Crippen MR) is 98.9 cm³/mol. The fraction of sp³-hybridized carbons (Fsp3) is 0.263. The van der Waals surface area contributed by atoms with E-state index in [4.69, 9.17) is 11.6 Å². The van der Waals surface area contributed by atoms with E-state index in [2.05, 4.69) is 10.3 Å². The highest BCUT2D eigenvalue weighted by molar-refractivity contribution is 6.30. The Hall–Kier alpha value is -2.21. The van der Waals surface area contributed by atoms with Gasteiger partial charge in [-0.25, -0.2) is 4.98 Å². The molecule has 2 N–H and O–H groups in total. The number of aromatic nitrogens is 2. The average molecular weight is 358 g/mol. The Labute approximate surface area is 150 Å². The summed E-state index contributed by atoms with van der Waals surface area (Å²) in [5, 5.41) is 13.4. The van der Waals surface area contributed by atoms with Gasteiger partial charge in [0.05, 0.1) is 5.69 Å². The van der Waals surface area contributed by atoms with Crippen LogP contribution >= 0.6 is 11.6 Å². The molecular formula is C19H20ClN3O2. The average Bonchev–Trinajstić information content (AvgIpc) is 2.60. The SMILES string of the molecule is Cc1cccn2c(=O)cc(CNC(CCO)c3ccc(Cl)cc3)nc12. The summed E-state index contributed by atoms with van der Waals surface area (Å²) in [6.45, 7) is 2.43. The molecule has 1 aromatic carbocycles. The molecule has 0 radical (unpaired) electrons. The van der Waals surface area contributed by atoms with Gasteiger partial charge in [0, 0.05) is 36.5 Å². The molecule has 6 heteroatoms. The molecule has 0 amide bonds. The van der Waals surface area contributed by atoms with Crippen molar-refractivity contribution in [2.24, 2.45) is 0 Å². The Morgan fingerprint density at radius 1 is 1.28 bits per heavy atom. The van der Waals surface area contributed by atoms with Crippen molar-refractivity contribution in [1.82, 2.24) is 14.7 Å². The van der Waals surface area contributed by atoms with Gasteiger partial charge in [-0.15, -0.1) is 0 Å². The van der Waals surface area contributed by atoms with Crippen molar-refractivity contribution in [3.63, 3.8) is 0 Å². The summed E-state index contributed by atoms with van der Waals surface area (Å²) < 4.78 is 1.54. The van der Waals surface area contributed by atoms with Crippen molar-refractivity contribution in [3.8, 4) is 0 Å². The number of hydrogen-bond acceptors (Lipinski definition) is 4. The van der Waals surface area contributed by atoms with E-state index in [1.54, 1.807) is 10.6 Å². The number of aryl methyl sites for hydroxylation is 1. The zero-order chi connectivity index (χ0) is 17.8. The van der Waals surface area contributed by atoms with Gasteiger partial charge < -0.3 is 10.4 Å². The third-order valence-corrected chi connectivity index (χ3v) is 4.41. The molecule has 0 aliphatic heterocycles. The molecule has 2 aromatic heterocycles. The topological polar surface area (TPSA) is 66.6 Å². The van der Waals surface area contributed by atoms with Crippen LogP contribution in [0.3, 0.4) is 0 Å². The predicted octanol–water partition coefficient (Wildman–Crippen LogP) is 2.87. The number of nitrogens with one attached hydrogen (secondary N) is 1. The van der Waals surface area contributed by atoms with Crippen LogP contribution in [0.2, 0.25) is 5.02 Å². The van der Waals surface area contributed by atoms with Gasteiger partial charge in [0.25, 0.3) is 5.56 Å². The molecule has 0 spiro atoms. The van der Waals surface area contributed by atoms with Gasteiger partial charge in [0.1, 0.15) is 5.65 Å². The molecule has 3 aromatic rings. The first-order valence-corrected chi connectivity index (χ1v) is 8.54. The largest absolute Gasteiger partial charge is 0.396 e. The van der Waals surface area contributed by atoms with Crippen LogP contribution in [0, 0.1) is 6.92 Å². The summed E-state index contributed by atoms with van der Waals surface area (Å²) >= 11 is 5.94. The highest BCUT2D eigenvalue weighted by Gasteiger charge is 2.12. The number of nitrogens with zero attached hydrogens (tertiary/aromatic N) is 2. The molecule has 1 atom stereocenters. The standard InChI is InChI=1S/C19H20ClN3O2/c1-13-3-2-9-23-18(25)11-16(22-19(13)23)12-21-17(8-10-24)14-4-6-15(20)7-5-14/h2-7,9,11,17,21,24H,8,10,12H2,1H3. The van der Waals surface area contributed by atoms with Crippen molar-refractivity contribution in [3.05, 3.63) is 80.9 Å².